The van der Waals surface area contributed by atoms with Crippen molar-refractivity contribution in [2.45, 2.75) is 19.9 Å². The molecule has 96 valence electrons. The van der Waals surface area contributed by atoms with Crippen molar-refractivity contribution in [3.8, 4) is 0 Å². The van der Waals surface area contributed by atoms with E-state index < -0.39 is 6.04 Å². The Morgan fingerprint density at radius 1 is 1.50 bits per heavy atom. The van der Waals surface area contributed by atoms with Crippen molar-refractivity contribution in [2.24, 2.45) is 11.7 Å². The van der Waals surface area contributed by atoms with Gasteiger partial charge in [0.1, 0.15) is 5.52 Å². The Kier molecular flexibility index (Phi) is 3.44. The van der Waals surface area contributed by atoms with Gasteiger partial charge in [0.25, 0.3) is 0 Å². The van der Waals surface area contributed by atoms with Gasteiger partial charge in [-0.05, 0) is 5.92 Å². The molecular weight excluding hydrogens is 256 g/mol. The molecule has 2 aromatic heterocycles. The first-order chi connectivity index (χ1) is 8.49. The van der Waals surface area contributed by atoms with Gasteiger partial charge in [-0.3, -0.25) is 10.1 Å². The number of anilines is 1. The van der Waals surface area contributed by atoms with Crippen molar-refractivity contribution < 1.29 is 4.79 Å². The number of amides is 1. The Bertz CT molecular complexity index is 581. The molecule has 0 saturated heterocycles. The second kappa shape index (κ2) is 4.87. The zero-order chi connectivity index (χ0) is 13.3. The molecule has 4 N–H and O–H groups in total. The molecular formula is C10H13ClN6O. The van der Waals surface area contributed by atoms with E-state index in [9.17, 15) is 4.79 Å². The fourth-order valence-corrected chi connectivity index (χ4v) is 1.57. The van der Waals surface area contributed by atoms with Crippen LogP contribution in [-0.2, 0) is 4.79 Å². The summed E-state index contributed by atoms with van der Waals surface area (Å²) in [4.78, 5) is 26.5. The lowest BCUT2D eigenvalue weighted by atomic mass is 10.1. The van der Waals surface area contributed by atoms with Crippen LogP contribution < -0.4 is 11.1 Å². The van der Waals surface area contributed by atoms with E-state index in [2.05, 4.69) is 25.3 Å². The first kappa shape index (κ1) is 12.7. The second-order valence-corrected chi connectivity index (χ2v) is 4.56. The quantitative estimate of drug-likeness (QED) is 0.717. The number of imidazole rings is 1. The van der Waals surface area contributed by atoms with E-state index >= 15 is 0 Å². The van der Waals surface area contributed by atoms with E-state index in [1.807, 2.05) is 13.8 Å². The molecule has 1 amide bonds. The normalized spacial score (nSPS) is 12.9. The smallest absolute Gasteiger partial charge is 0.243 e. The van der Waals surface area contributed by atoms with Crippen LogP contribution in [0.2, 0.25) is 5.15 Å². The molecule has 2 aromatic rings. The zero-order valence-corrected chi connectivity index (χ0v) is 10.7. The molecule has 0 unspecified atom stereocenters. The summed E-state index contributed by atoms with van der Waals surface area (Å²) in [6.45, 7) is 3.71. The van der Waals surface area contributed by atoms with Crippen LogP contribution >= 0.6 is 11.6 Å². The highest BCUT2D eigenvalue weighted by Crippen LogP contribution is 2.18. The number of H-pyrrole nitrogens is 1. The van der Waals surface area contributed by atoms with Gasteiger partial charge in [-0.25, -0.2) is 4.98 Å². The maximum Gasteiger partial charge on any atom is 0.243 e. The third-order valence-electron chi connectivity index (χ3n) is 2.50. The molecule has 1 atom stereocenters. The average Bonchev–Trinajstić information content (AvgIpc) is 2.76. The Labute approximate surface area is 108 Å². The van der Waals surface area contributed by atoms with Crippen molar-refractivity contribution >= 4 is 34.6 Å². The average molecular weight is 269 g/mol. The number of hydrogen-bond acceptors (Lipinski definition) is 5. The Morgan fingerprint density at radius 2 is 2.22 bits per heavy atom. The Balaban J connectivity index is 2.24. The summed E-state index contributed by atoms with van der Waals surface area (Å²) in [6, 6.07) is -0.623. The van der Waals surface area contributed by atoms with Gasteiger partial charge in [0.05, 0.1) is 12.4 Å². The minimum absolute atomic E-state index is 0.0228. The number of carbonyl (C=O) groups excluding carboxylic acids is 1. The van der Waals surface area contributed by atoms with E-state index in [0.29, 0.717) is 11.2 Å². The largest absolute Gasteiger partial charge is 0.341 e. The lowest BCUT2D eigenvalue weighted by Crippen LogP contribution is -2.40. The molecule has 0 aliphatic rings. The lowest BCUT2D eigenvalue weighted by Gasteiger charge is -2.14. The molecule has 0 saturated carbocycles. The minimum atomic E-state index is -0.623. The van der Waals surface area contributed by atoms with Gasteiger partial charge in [-0.1, -0.05) is 25.4 Å². The number of hydrogen-bond donors (Lipinski definition) is 3. The molecule has 0 fully saturated rings. The van der Waals surface area contributed by atoms with E-state index in [4.69, 9.17) is 17.3 Å². The standard InChI is InChI=1S/C10H13ClN6O/c1-4(2)5(12)9(18)17-10-15-7(11)6-8(16-10)14-3-13-6/h3-5H,12H2,1-2H3,(H2,13,14,15,16,17,18)/t5-/m1/s1. The van der Waals surface area contributed by atoms with Gasteiger partial charge in [0.15, 0.2) is 10.8 Å². The summed E-state index contributed by atoms with van der Waals surface area (Å²) in [7, 11) is 0. The molecule has 0 spiro atoms. The fraction of sp³-hybridized carbons (Fsp3) is 0.400. The predicted molar refractivity (Wildman–Crippen MR) is 68.1 cm³/mol. The van der Waals surface area contributed by atoms with Gasteiger partial charge in [-0.2, -0.15) is 9.97 Å². The van der Waals surface area contributed by atoms with Crippen LogP contribution in [0, 0.1) is 5.92 Å². The molecule has 0 radical (unpaired) electrons. The van der Waals surface area contributed by atoms with E-state index in [1.54, 1.807) is 0 Å². The van der Waals surface area contributed by atoms with Gasteiger partial charge < -0.3 is 10.7 Å². The van der Waals surface area contributed by atoms with Crippen molar-refractivity contribution in [1.29, 1.82) is 0 Å². The molecule has 0 aromatic carbocycles. The lowest BCUT2D eigenvalue weighted by molar-refractivity contribution is -0.118. The van der Waals surface area contributed by atoms with Crippen LogP contribution in [0.3, 0.4) is 0 Å². The molecule has 0 bridgehead atoms. The molecule has 7 nitrogen and oxygen atoms in total. The van der Waals surface area contributed by atoms with Crippen LogP contribution in [-0.4, -0.2) is 31.9 Å². The van der Waals surface area contributed by atoms with Crippen LogP contribution in [0.25, 0.3) is 11.2 Å². The number of aromatic amines is 1. The van der Waals surface area contributed by atoms with Crippen molar-refractivity contribution in [3.05, 3.63) is 11.5 Å². The van der Waals surface area contributed by atoms with Gasteiger partial charge >= 0.3 is 0 Å². The highest BCUT2D eigenvalue weighted by Gasteiger charge is 2.19. The molecule has 2 rings (SSSR count). The van der Waals surface area contributed by atoms with Gasteiger partial charge in [0.2, 0.25) is 11.9 Å². The van der Waals surface area contributed by atoms with Crippen molar-refractivity contribution in [2.75, 3.05) is 5.32 Å². The van der Waals surface area contributed by atoms with E-state index in [-0.39, 0.29) is 22.9 Å². The molecule has 0 aliphatic carbocycles. The van der Waals surface area contributed by atoms with Gasteiger partial charge in [0, 0.05) is 0 Å². The highest BCUT2D eigenvalue weighted by molar-refractivity contribution is 6.33. The van der Waals surface area contributed by atoms with E-state index in [0.717, 1.165) is 0 Å². The summed E-state index contributed by atoms with van der Waals surface area (Å²) in [5.41, 5.74) is 6.64. The molecule has 18 heavy (non-hydrogen) atoms. The number of halogens is 1. The van der Waals surface area contributed by atoms with Crippen LogP contribution in [0.5, 0.6) is 0 Å². The number of aromatic nitrogens is 4. The number of nitrogens with one attached hydrogen (secondary N) is 2. The summed E-state index contributed by atoms with van der Waals surface area (Å²) in [6.07, 6.45) is 1.46. The SMILES string of the molecule is CC(C)[C@@H](N)C(=O)Nc1nc(Cl)c2[nH]cnc2n1. The summed E-state index contributed by atoms with van der Waals surface area (Å²) in [5.74, 6) is -0.230. The minimum Gasteiger partial charge on any atom is -0.341 e. The second-order valence-electron chi connectivity index (χ2n) is 4.20. The van der Waals surface area contributed by atoms with Crippen molar-refractivity contribution in [1.82, 2.24) is 19.9 Å². The van der Waals surface area contributed by atoms with Crippen LogP contribution in [0.1, 0.15) is 13.8 Å². The monoisotopic (exact) mass is 268 g/mol. The molecule has 8 heteroatoms. The molecule has 0 aliphatic heterocycles. The third kappa shape index (κ3) is 2.41. The summed E-state index contributed by atoms with van der Waals surface area (Å²) in [5, 5.41) is 2.72. The predicted octanol–water partition coefficient (Wildman–Crippen LogP) is 0.928. The van der Waals surface area contributed by atoms with Gasteiger partial charge in [-0.15, -0.1) is 0 Å². The summed E-state index contributed by atoms with van der Waals surface area (Å²) < 4.78 is 0. The van der Waals surface area contributed by atoms with Crippen LogP contribution in [0.15, 0.2) is 6.33 Å². The fourth-order valence-electron chi connectivity index (χ4n) is 1.35. The first-order valence-corrected chi connectivity index (χ1v) is 5.80. The highest BCUT2D eigenvalue weighted by atomic mass is 35.5. The maximum atomic E-state index is 11.8. The topological polar surface area (TPSA) is 110 Å². The number of rotatable bonds is 3. The number of nitrogens with zero attached hydrogens (tertiary/aromatic N) is 3. The molecule has 2 heterocycles. The number of fused-ring (bicyclic) bond motifs is 1. The third-order valence-corrected chi connectivity index (χ3v) is 2.77. The van der Waals surface area contributed by atoms with Crippen molar-refractivity contribution in [3.63, 3.8) is 0 Å². The number of carbonyl (C=O) groups is 1. The number of nitrogens with two attached hydrogens (primary N) is 1. The summed E-state index contributed by atoms with van der Waals surface area (Å²) >= 11 is 5.92. The Hall–Kier alpha value is -1.73. The van der Waals surface area contributed by atoms with E-state index in [1.165, 1.54) is 6.33 Å². The maximum absolute atomic E-state index is 11.8. The van der Waals surface area contributed by atoms with Crippen LogP contribution in [0.4, 0.5) is 5.95 Å². The first-order valence-electron chi connectivity index (χ1n) is 5.42. The zero-order valence-electron chi connectivity index (χ0n) is 9.94. The Morgan fingerprint density at radius 3 is 2.89 bits per heavy atom.